The van der Waals surface area contributed by atoms with Crippen molar-refractivity contribution in [3.63, 3.8) is 0 Å². The molecule has 0 aliphatic heterocycles. The lowest BCUT2D eigenvalue weighted by atomic mass is 10.2. The standard InChI is InChI=1S/C14H14N4O2S2/c1-2-3-9-6-11(19)17-13(15-9)22-8-10-7-12(20)18-4-5-21-14(18)16-10/h4-7H,2-3,8H2,1H3,(H,15,17,19). The van der Waals surface area contributed by atoms with Gasteiger partial charge in [-0.3, -0.25) is 14.0 Å². The van der Waals surface area contributed by atoms with Gasteiger partial charge in [-0.05, 0) is 6.42 Å². The maximum absolute atomic E-state index is 11.9. The summed E-state index contributed by atoms with van der Waals surface area (Å²) in [5.41, 5.74) is 1.22. The third-order valence-electron chi connectivity index (χ3n) is 2.99. The average molecular weight is 334 g/mol. The van der Waals surface area contributed by atoms with Gasteiger partial charge in [0.1, 0.15) is 0 Å². The van der Waals surface area contributed by atoms with Crippen molar-refractivity contribution in [3.05, 3.63) is 55.8 Å². The number of H-pyrrole nitrogens is 1. The summed E-state index contributed by atoms with van der Waals surface area (Å²) in [6.45, 7) is 2.04. The minimum atomic E-state index is -0.150. The number of aryl methyl sites for hydroxylation is 1. The molecule has 0 aliphatic carbocycles. The SMILES string of the molecule is CCCc1cc(=O)[nH]c(SCc2cc(=O)n3ccsc3n2)n1. The lowest BCUT2D eigenvalue weighted by Crippen LogP contribution is -2.13. The molecule has 1 N–H and O–H groups in total. The second-order valence-electron chi connectivity index (χ2n) is 4.72. The zero-order chi connectivity index (χ0) is 15.5. The number of fused-ring (bicyclic) bond motifs is 1. The van der Waals surface area contributed by atoms with Gasteiger partial charge in [-0.15, -0.1) is 11.3 Å². The Hall–Kier alpha value is -1.93. The van der Waals surface area contributed by atoms with Gasteiger partial charge in [0, 0.05) is 35.2 Å². The maximum atomic E-state index is 11.9. The van der Waals surface area contributed by atoms with Gasteiger partial charge < -0.3 is 4.98 Å². The van der Waals surface area contributed by atoms with Crippen LogP contribution in [0.2, 0.25) is 0 Å². The molecule has 0 aliphatic rings. The van der Waals surface area contributed by atoms with Crippen LogP contribution in [-0.2, 0) is 12.2 Å². The predicted molar refractivity (Wildman–Crippen MR) is 87.8 cm³/mol. The number of hydrogen-bond acceptors (Lipinski definition) is 6. The van der Waals surface area contributed by atoms with E-state index in [1.807, 2.05) is 12.3 Å². The van der Waals surface area contributed by atoms with Crippen LogP contribution >= 0.6 is 23.1 Å². The molecule has 0 saturated carbocycles. The maximum Gasteiger partial charge on any atom is 0.258 e. The summed E-state index contributed by atoms with van der Waals surface area (Å²) < 4.78 is 1.51. The van der Waals surface area contributed by atoms with Crippen LogP contribution in [0.4, 0.5) is 0 Å². The van der Waals surface area contributed by atoms with Crippen molar-refractivity contribution < 1.29 is 0 Å². The molecule has 22 heavy (non-hydrogen) atoms. The molecule has 0 radical (unpaired) electrons. The molecule has 0 saturated heterocycles. The zero-order valence-electron chi connectivity index (χ0n) is 11.9. The van der Waals surface area contributed by atoms with Crippen LogP contribution in [0.1, 0.15) is 24.7 Å². The summed E-state index contributed by atoms with van der Waals surface area (Å²) in [5.74, 6) is 0.488. The topological polar surface area (TPSA) is 80.1 Å². The minimum Gasteiger partial charge on any atom is -0.301 e. The molecule has 8 heteroatoms. The van der Waals surface area contributed by atoms with Gasteiger partial charge in [0.2, 0.25) is 0 Å². The molecule has 0 spiro atoms. The molecule has 0 amide bonds. The van der Waals surface area contributed by atoms with E-state index in [1.165, 1.54) is 39.6 Å². The van der Waals surface area contributed by atoms with Crippen LogP contribution in [0.3, 0.4) is 0 Å². The van der Waals surface area contributed by atoms with E-state index in [0.717, 1.165) is 18.5 Å². The number of rotatable bonds is 5. The number of nitrogens with one attached hydrogen (secondary N) is 1. The van der Waals surface area contributed by atoms with E-state index in [4.69, 9.17) is 0 Å². The van der Waals surface area contributed by atoms with Crippen LogP contribution in [0.5, 0.6) is 0 Å². The molecule has 0 unspecified atom stereocenters. The Morgan fingerprint density at radius 3 is 2.95 bits per heavy atom. The lowest BCUT2D eigenvalue weighted by Gasteiger charge is -2.03. The van der Waals surface area contributed by atoms with Crippen LogP contribution in [-0.4, -0.2) is 19.4 Å². The number of nitrogens with zero attached hydrogens (tertiary/aromatic N) is 3. The third-order valence-corrected chi connectivity index (χ3v) is 4.66. The monoisotopic (exact) mass is 334 g/mol. The second kappa shape index (κ2) is 6.45. The molecule has 3 rings (SSSR count). The largest absolute Gasteiger partial charge is 0.301 e. The third kappa shape index (κ3) is 3.28. The quantitative estimate of drug-likeness (QED) is 0.571. The Morgan fingerprint density at radius 2 is 2.14 bits per heavy atom. The van der Waals surface area contributed by atoms with E-state index in [2.05, 4.69) is 15.0 Å². The van der Waals surface area contributed by atoms with E-state index < -0.39 is 0 Å². The highest BCUT2D eigenvalue weighted by Crippen LogP contribution is 2.18. The Morgan fingerprint density at radius 1 is 1.27 bits per heavy atom. The first-order chi connectivity index (χ1) is 10.7. The van der Waals surface area contributed by atoms with Gasteiger partial charge in [0.05, 0.1) is 5.69 Å². The van der Waals surface area contributed by atoms with E-state index in [9.17, 15) is 9.59 Å². The van der Waals surface area contributed by atoms with E-state index in [1.54, 1.807) is 6.20 Å². The number of thioether (sulfide) groups is 1. The molecular weight excluding hydrogens is 320 g/mol. The fourth-order valence-electron chi connectivity index (χ4n) is 2.04. The summed E-state index contributed by atoms with van der Waals surface area (Å²) in [6, 6.07) is 3.04. The van der Waals surface area contributed by atoms with Gasteiger partial charge in [-0.2, -0.15) is 0 Å². The van der Waals surface area contributed by atoms with Gasteiger partial charge in [-0.1, -0.05) is 25.1 Å². The predicted octanol–water partition coefficient (Wildman–Crippen LogP) is 2.08. The normalized spacial score (nSPS) is 11.1. The van der Waals surface area contributed by atoms with Crippen LogP contribution in [0, 0.1) is 0 Å². The highest BCUT2D eigenvalue weighted by atomic mass is 32.2. The van der Waals surface area contributed by atoms with E-state index in [0.29, 0.717) is 21.6 Å². The van der Waals surface area contributed by atoms with Crippen LogP contribution in [0.15, 0.2) is 38.5 Å². The Bertz CT molecular complexity index is 913. The van der Waals surface area contributed by atoms with Crippen molar-refractivity contribution in [3.8, 4) is 0 Å². The first-order valence-corrected chi connectivity index (χ1v) is 8.71. The fourth-order valence-corrected chi connectivity index (χ4v) is 3.57. The molecule has 3 heterocycles. The summed E-state index contributed by atoms with van der Waals surface area (Å²) in [4.78, 5) is 35.8. The number of hydrogen-bond donors (Lipinski definition) is 1. The van der Waals surface area contributed by atoms with E-state index >= 15 is 0 Å². The Balaban J connectivity index is 1.81. The molecule has 0 bridgehead atoms. The van der Waals surface area contributed by atoms with Crippen molar-refractivity contribution in [2.45, 2.75) is 30.7 Å². The second-order valence-corrected chi connectivity index (χ2v) is 6.56. The molecule has 3 aromatic heterocycles. The van der Waals surface area contributed by atoms with Gasteiger partial charge in [0.25, 0.3) is 11.1 Å². The summed E-state index contributed by atoms with van der Waals surface area (Å²) in [6.07, 6.45) is 3.42. The fraction of sp³-hybridized carbons (Fsp3) is 0.286. The van der Waals surface area contributed by atoms with Crippen molar-refractivity contribution in [2.75, 3.05) is 0 Å². The lowest BCUT2D eigenvalue weighted by molar-refractivity contribution is 0.815. The number of thiazole rings is 1. The molecular formula is C14H14N4O2S2. The molecule has 6 nitrogen and oxygen atoms in total. The van der Waals surface area contributed by atoms with Crippen molar-refractivity contribution in [1.29, 1.82) is 0 Å². The average Bonchev–Trinajstić information content (AvgIpc) is 2.94. The summed E-state index contributed by atoms with van der Waals surface area (Å²) in [7, 11) is 0. The van der Waals surface area contributed by atoms with Crippen molar-refractivity contribution in [1.82, 2.24) is 19.4 Å². The van der Waals surface area contributed by atoms with Gasteiger partial charge >= 0.3 is 0 Å². The molecule has 0 aromatic carbocycles. The summed E-state index contributed by atoms with van der Waals surface area (Å²) in [5, 5.41) is 2.39. The Kier molecular flexibility index (Phi) is 4.39. The molecule has 0 fully saturated rings. The van der Waals surface area contributed by atoms with Crippen molar-refractivity contribution >= 4 is 28.1 Å². The zero-order valence-corrected chi connectivity index (χ0v) is 13.5. The smallest absolute Gasteiger partial charge is 0.258 e. The first-order valence-electron chi connectivity index (χ1n) is 6.84. The highest BCUT2D eigenvalue weighted by molar-refractivity contribution is 7.98. The highest BCUT2D eigenvalue weighted by Gasteiger charge is 2.06. The van der Waals surface area contributed by atoms with E-state index in [-0.39, 0.29) is 11.1 Å². The Labute approximate surface area is 134 Å². The van der Waals surface area contributed by atoms with Gasteiger partial charge in [-0.25, -0.2) is 9.97 Å². The minimum absolute atomic E-state index is 0.0944. The van der Waals surface area contributed by atoms with Crippen molar-refractivity contribution in [2.24, 2.45) is 0 Å². The first kappa shape index (κ1) is 15.0. The molecule has 0 atom stereocenters. The van der Waals surface area contributed by atoms with Crippen LogP contribution in [0.25, 0.3) is 4.96 Å². The molecule has 114 valence electrons. The number of aromatic nitrogens is 4. The summed E-state index contributed by atoms with van der Waals surface area (Å²) >= 11 is 2.79. The number of aromatic amines is 1. The van der Waals surface area contributed by atoms with Crippen LogP contribution < -0.4 is 11.1 Å². The van der Waals surface area contributed by atoms with Gasteiger partial charge in [0.15, 0.2) is 10.1 Å². The molecule has 3 aromatic rings.